The summed E-state index contributed by atoms with van der Waals surface area (Å²) in [4.78, 5) is 35.0. The molecule has 2 saturated heterocycles. The van der Waals surface area contributed by atoms with E-state index in [9.17, 15) is 44.7 Å². The number of carbonyl (C=O) groups excluding carboxylic acids is 2. The lowest BCUT2D eigenvalue weighted by atomic mass is 9.81. The van der Waals surface area contributed by atoms with E-state index < -0.39 is 90.9 Å². The smallest absolute Gasteiger partial charge is 0.381 e. The van der Waals surface area contributed by atoms with Crippen molar-refractivity contribution in [2.45, 2.75) is 81.6 Å². The third-order valence-electron chi connectivity index (χ3n) is 9.33. The molecule has 48 heavy (non-hydrogen) atoms. The number of fused-ring (bicyclic) bond motifs is 1. The summed E-state index contributed by atoms with van der Waals surface area (Å²) in [7, 11) is 0. The molecule has 3 aromatic rings. The second kappa shape index (κ2) is 12.9. The summed E-state index contributed by atoms with van der Waals surface area (Å²) in [5.41, 5.74) is -1.70. The van der Waals surface area contributed by atoms with Gasteiger partial charge in [0, 0.05) is 50.9 Å². The fraction of sp³-hybridized carbons (Fsp3) is 0.655. The zero-order chi connectivity index (χ0) is 34.4. The Morgan fingerprint density at radius 2 is 1.79 bits per heavy atom. The Morgan fingerprint density at radius 1 is 1.08 bits per heavy atom. The van der Waals surface area contributed by atoms with E-state index >= 15 is 0 Å². The first kappa shape index (κ1) is 34.0. The third-order valence-corrected chi connectivity index (χ3v) is 9.33. The molecule has 5 heterocycles. The van der Waals surface area contributed by atoms with Gasteiger partial charge in [0.2, 0.25) is 11.8 Å². The summed E-state index contributed by atoms with van der Waals surface area (Å²) in [6, 6.07) is -1.15. The van der Waals surface area contributed by atoms with Crippen molar-refractivity contribution in [1.82, 2.24) is 35.4 Å². The van der Waals surface area contributed by atoms with Crippen molar-refractivity contribution in [2.24, 2.45) is 17.8 Å². The molecule has 2 N–H and O–H groups in total. The molecule has 262 valence electrons. The van der Waals surface area contributed by atoms with Crippen molar-refractivity contribution in [3.8, 4) is 0 Å². The second-order valence-corrected chi connectivity index (χ2v) is 12.6. The number of rotatable bonds is 7. The molecule has 2 aliphatic heterocycles. The lowest BCUT2D eigenvalue weighted by molar-refractivity contribution is -0.183. The Hall–Kier alpha value is -3.90. The molecule has 19 heteroatoms. The predicted molar refractivity (Wildman–Crippen MR) is 147 cm³/mol. The molecule has 3 fully saturated rings. The fourth-order valence-corrected chi connectivity index (χ4v) is 6.69. The van der Waals surface area contributed by atoms with Crippen LogP contribution >= 0.6 is 0 Å². The fourth-order valence-electron chi connectivity index (χ4n) is 6.69. The highest BCUT2D eigenvalue weighted by molar-refractivity contribution is 5.95. The van der Waals surface area contributed by atoms with Crippen molar-refractivity contribution in [3.05, 3.63) is 40.8 Å². The average Bonchev–Trinajstić information content (AvgIpc) is 3.68. The predicted octanol–water partition coefficient (Wildman–Crippen LogP) is 5.18. The van der Waals surface area contributed by atoms with Crippen molar-refractivity contribution in [1.29, 1.82) is 0 Å². The van der Waals surface area contributed by atoms with Gasteiger partial charge in [-0.15, -0.1) is 0 Å². The lowest BCUT2D eigenvalue weighted by Gasteiger charge is -2.33. The minimum Gasteiger partial charge on any atom is -0.381 e. The summed E-state index contributed by atoms with van der Waals surface area (Å²) < 4.78 is 120. The number of nitrogens with one attached hydrogen (secondary N) is 2. The van der Waals surface area contributed by atoms with Gasteiger partial charge in [-0.1, -0.05) is 5.16 Å². The molecule has 2 amide bonds. The highest BCUT2D eigenvalue weighted by Crippen LogP contribution is 2.42. The van der Waals surface area contributed by atoms with E-state index in [1.54, 1.807) is 0 Å². The number of aromatic nitrogens is 5. The Kier molecular flexibility index (Phi) is 9.10. The number of amides is 2. The van der Waals surface area contributed by atoms with Gasteiger partial charge in [0.25, 0.3) is 11.7 Å². The van der Waals surface area contributed by atoms with Crippen LogP contribution in [0.15, 0.2) is 17.0 Å². The van der Waals surface area contributed by atoms with E-state index in [0.29, 0.717) is 38.0 Å². The van der Waals surface area contributed by atoms with Crippen molar-refractivity contribution >= 4 is 17.6 Å². The largest absolute Gasteiger partial charge is 0.437 e. The van der Waals surface area contributed by atoms with Crippen molar-refractivity contribution in [3.63, 3.8) is 0 Å². The number of ether oxygens (including phenoxy) is 1. The SMILES string of the molecule is O=C(N[C@H](c1cn2nc(C[C@H]3C[C@@H](C(F)(F)F)CNC3=O)c(C3CCOCC3)nc2n1)C1CCC(F)(F)CC1)c1conc1C(F)(F)F. The average molecular weight is 694 g/mol. The lowest BCUT2D eigenvalue weighted by Crippen LogP contribution is -2.47. The van der Waals surface area contributed by atoms with Crippen LogP contribution in [0.4, 0.5) is 35.1 Å². The number of alkyl halides is 8. The molecule has 0 aromatic carbocycles. The maximum Gasteiger partial charge on any atom is 0.437 e. The first-order valence-corrected chi connectivity index (χ1v) is 15.5. The van der Waals surface area contributed by atoms with E-state index in [2.05, 4.69) is 35.4 Å². The van der Waals surface area contributed by atoms with Crippen molar-refractivity contribution in [2.75, 3.05) is 19.8 Å². The number of nitrogens with zero attached hydrogens (tertiary/aromatic N) is 5. The van der Waals surface area contributed by atoms with Gasteiger partial charge >= 0.3 is 12.4 Å². The van der Waals surface area contributed by atoms with Crippen LogP contribution in [0, 0.1) is 17.8 Å². The summed E-state index contributed by atoms with van der Waals surface area (Å²) in [5.74, 6) is -8.37. The van der Waals surface area contributed by atoms with Crippen LogP contribution in [-0.4, -0.2) is 68.4 Å². The van der Waals surface area contributed by atoms with Gasteiger partial charge in [-0.25, -0.2) is 23.3 Å². The van der Waals surface area contributed by atoms with Gasteiger partial charge in [-0.2, -0.15) is 31.4 Å². The molecule has 0 unspecified atom stereocenters. The zero-order valence-corrected chi connectivity index (χ0v) is 25.2. The van der Waals surface area contributed by atoms with Gasteiger partial charge in [0.15, 0.2) is 5.69 Å². The third kappa shape index (κ3) is 7.24. The van der Waals surface area contributed by atoms with E-state index in [1.165, 1.54) is 10.7 Å². The monoisotopic (exact) mass is 693 g/mol. The van der Waals surface area contributed by atoms with Crippen LogP contribution in [0.1, 0.15) is 90.0 Å². The number of halogens is 8. The molecule has 0 spiro atoms. The van der Waals surface area contributed by atoms with Gasteiger partial charge in [-0.05, 0) is 38.0 Å². The standard InChI is InChI=1S/C29H31F8N7O4/c30-27(31)5-1-14(2-6-27)22(40-25(46)18-13-48-43-23(18)29(35,36)37)20-12-44-26(39-20)41-21(15-3-7-47-8-4-15)19(42-44)10-16-9-17(28(32,33)34)11-38-24(16)45/h12-17,22H,1-11H2,(H,38,45)(H,40,46)/t16-,17-,22+/m1/s1. The quantitative estimate of drug-likeness (QED) is 0.324. The molecular formula is C29H31F8N7O4. The van der Waals surface area contributed by atoms with Gasteiger partial charge < -0.3 is 19.9 Å². The molecule has 0 bridgehead atoms. The maximum absolute atomic E-state index is 14.1. The number of hydrogen-bond donors (Lipinski definition) is 2. The normalized spacial score (nSPS) is 23.6. The van der Waals surface area contributed by atoms with Crippen molar-refractivity contribution < 1.29 is 54.0 Å². The van der Waals surface area contributed by atoms with E-state index in [1.807, 2.05) is 0 Å². The second-order valence-electron chi connectivity index (χ2n) is 12.6. The summed E-state index contributed by atoms with van der Waals surface area (Å²) in [6.07, 6.45) is -8.42. The highest BCUT2D eigenvalue weighted by atomic mass is 19.4. The van der Waals surface area contributed by atoms with Gasteiger partial charge in [-0.3, -0.25) is 9.59 Å². The van der Waals surface area contributed by atoms with E-state index in [0.717, 1.165) is 0 Å². The van der Waals surface area contributed by atoms with Crippen LogP contribution < -0.4 is 10.6 Å². The Bertz CT molecular complexity index is 1640. The molecule has 3 atom stereocenters. The van der Waals surface area contributed by atoms with Gasteiger partial charge in [0.1, 0.15) is 11.8 Å². The number of imidazole rings is 1. The van der Waals surface area contributed by atoms with E-state index in [4.69, 9.17) is 4.74 Å². The number of piperidine rings is 1. The van der Waals surface area contributed by atoms with Crippen LogP contribution in [-0.2, 0) is 22.1 Å². The Labute approximate surface area is 267 Å². The molecule has 3 aromatic heterocycles. The van der Waals surface area contributed by atoms with Crippen LogP contribution in [0.2, 0.25) is 0 Å². The molecule has 0 radical (unpaired) electrons. The number of hydrogen-bond acceptors (Lipinski definition) is 8. The maximum atomic E-state index is 14.1. The highest BCUT2D eigenvalue weighted by Gasteiger charge is 2.46. The van der Waals surface area contributed by atoms with Crippen LogP contribution in [0.5, 0.6) is 0 Å². The first-order chi connectivity index (χ1) is 22.6. The summed E-state index contributed by atoms with van der Waals surface area (Å²) >= 11 is 0. The molecule has 1 aliphatic carbocycles. The minimum atomic E-state index is -5.01. The molecule has 3 aliphatic rings. The van der Waals surface area contributed by atoms with Crippen LogP contribution in [0.3, 0.4) is 0 Å². The van der Waals surface area contributed by atoms with Crippen LogP contribution in [0.25, 0.3) is 5.78 Å². The Balaban J connectivity index is 1.36. The zero-order valence-electron chi connectivity index (χ0n) is 25.2. The molecular weight excluding hydrogens is 662 g/mol. The molecule has 11 nitrogen and oxygen atoms in total. The summed E-state index contributed by atoms with van der Waals surface area (Å²) in [5, 5.41) is 12.3. The van der Waals surface area contributed by atoms with Gasteiger partial charge in [0.05, 0.1) is 35.2 Å². The number of carbonyl (C=O) groups is 2. The Morgan fingerprint density at radius 3 is 2.46 bits per heavy atom. The topological polar surface area (TPSA) is 137 Å². The first-order valence-electron chi connectivity index (χ1n) is 15.5. The van der Waals surface area contributed by atoms with E-state index in [-0.39, 0.29) is 42.3 Å². The summed E-state index contributed by atoms with van der Waals surface area (Å²) in [6.45, 7) is 0.251. The minimum absolute atomic E-state index is 0.0119. The molecule has 6 rings (SSSR count). The molecule has 1 saturated carbocycles.